The van der Waals surface area contributed by atoms with Gasteiger partial charge in [0.05, 0.1) is 12.1 Å². The molecule has 3 N–H and O–H groups in total. The molecule has 0 bridgehead atoms. The number of hydrogen-bond acceptors (Lipinski definition) is 7. The molecule has 0 radical (unpaired) electrons. The standard InChI is InChI=1S/C14H16N4S3/c1-3-9-4-5-19-10(9)6-16-13-11(12(15)18-21-13)14-17-8(2)7-20-14/h4-5,7,16H,3,6H2,1-2H3,(H2,15,18). The zero-order valence-electron chi connectivity index (χ0n) is 11.8. The van der Waals surface area contributed by atoms with Crippen LogP contribution in [0, 0.1) is 6.92 Å². The molecule has 0 spiro atoms. The molecular formula is C14H16N4S3. The highest BCUT2D eigenvalue weighted by Crippen LogP contribution is 2.38. The third-order valence-corrected chi connectivity index (χ3v) is 5.94. The van der Waals surface area contributed by atoms with Crippen LogP contribution in [0.4, 0.5) is 10.8 Å². The van der Waals surface area contributed by atoms with E-state index in [0.29, 0.717) is 5.82 Å². The van der Waals surface area contributed by atoms with Gasteiger partial charge in [-0.25, -0.2) is 4.98 Å². The summed E-state index contributed by atoms with van der Waals surface area (Å²) in [5.74, 6) is 0.554. The molecule has 3 aromatic heterocycles. The van der Waals surface area contributed by atoms with Crippen molar-refractivity contribution in [3.05, 3.63) is 33.0 Å². The Bertz CT molecular complexity index is 741. The fourth-order valence-corrected chi connectivity index (χ4v) is 4.64. The van der Waals surface area contributed by atoms with Gasteiger partial charge in [-0.2, -0.15) is 4.37 Å². The molecule has 3 aromatic rings. The van der Waals surface area contributed by atoms with E-state index in [2.05, 4.69) is 33.0 Å². The second kappa shape index (κ2) is 6.13. The third kappa shape index (κ3) is 2.95. The zero-order chi connectivity index (χ0) is 14.8. The van der Waals surface area contributed by atoms with Crippen LogP contribution in [-0.4, -0.2) is 9.36 Å². The van der Waals surface area contributed by atoms with Gasteiger partial charge in [-0.15, -0.1) is 22.7 Å². The van der Waals surface area contributed by atoms with Crippen molar-refractivity contribution in [2.75, 3.05) is 11.1 Å². The van der Waals surface area contributed by atoms with Crippen LogP contribution < -0.4 is 11.1 Å². The number of rotatable bonds is 5. The van der Waals surface area contributed by atoms with Crippen LogP contribution >= 0.6 is 34.2 Å². The van der Waals surface area contributed by atoms with Crippen LogP contribution in [0.2, 0.25) is 0 Å². The summed E-state index contributed by atoms with van der Waals surface area (Å²) < 4.78 is 4.27. The lowest BCUT2D eigenvalue weighted by atomic mass is 10.2. The lowest BCUT2D eigenvalue weighted by Gasteiger charge is -2.06. The molecule has 0 saturated carbocycles. The number of nitrogens with two attached hydrogens (primary N) is 1. The minimum atomic E-state index is 0.554. The summed E-state index contributed by atoms with van der Waals surface area (Å²) in [5, 5.41) is 9.58. The molecule has 110 valence electrons. The first-order chi connectivity index (χ1) is 10.2. The molecule has 0 aliphatic carbocycles. The summed E-state index contributed by atoms with van der Waals surface area (Å²) in [6.45, 7) is 4.97. The summed E-state index contributed by atoms with van der Waals surface area (Å²) in [5.41, 5.74) is 9.37. The highest BCUT2D eigenvalue weighted by molar-refractivity contribution is 7.15. The highest BCUT2D eigenvalue weighted by Gasteiger charge is 2.17. The molecule has 0 atom stereocenters. The summed E-state index contributed by atoms with van der Waals surface area (Å²) >= 11 is 4.79. The van der Waals surface area contributed by atoms with Crippen molar-refractivity contribution >= 4 is 45.0 Å². The van der Waals surface area contributed by atoms with Gasteiger partial charge in [-0.3, -0.25) is 0 Å². The molecule has 0 fully saturated rings. The van der Waals surface area contributed by atoms with Crippen LogP contribution in [0.25, 0.3) is 10.6 Å². The molecule has 0 aliphatic heterocycles. The van der Waals surface area contributed by atoms with Gasteiger partial charge in [0.2, 0.25) is 0 Å². The second-order valence-electron chi connectivity index (χ2n) is 4.64. The van der Waals surface area contributed by atoms with Crippen molar-refractivity contribution < 1.29 is 0 Å². The number of nitrogens with one attached hydrogen (secondary N) is 1. The van der Waals surface area contributed by atoms with E-state index in [1.54, 1.807) is 22.7 Å². The molecule has 0 amide bonds. The maximum absolute atomic E-state index is 6.02. The van der Waals surface area contributed by atoms with Gasteiger partial charge in [0, 0.05) is 16.0 Å². The van der Waals surface area contributed by atoms with E-state index in [9.17, 15) is 0 Å². The van der Waals surface area contributed by atoms with E-state index in [-0.39, 0.29) is 0 Å². The Hall–Kier alpha value is -1.44. The summed E-state index contributed by atoms with van der Waals surface area (Å²) in [6, 6.07) is 2.19. The molecule has 0 saturated heterocycles. The number of nitrogen functional groups attached to an aromatic ring is 1. The number of thiophene rings is 1. The van der Waals surface area contributed by atoms with Gasteiger partial charge in [0.25, 0.3) is 0 Å². The van der Waals surface area contributed by atoms with Crippen LogP contribution in [0.1, 0.15) is 23.1 Å². The molecule has 3 heterocycles. The number of nitrogens with zero attached hydrogens (tertiary/aromatic N) is 2. The monoisotopic (exact) mass is 336 g/mol. The lowest BCUT2D eigenvalue weighted by Crippen LogP contribution is -1.99. The smallest absolute Gasteiger partial charge is 0.149 e. The van der Waals surface area contributed by atoms with Crippen LogP contribution in [-0.2, 0) is 13.0 Å². The summed E-state index contributed by atoms with van der Waals surface area (Å²) in [6.07, 6.45) is 1.06. The largest absolute Gasteiger partial charge is 0.382 e. The lowest BCUT2D eigenvalue weighted by molar-refractivity contribution is 1.08. The first-order valence-corrected chi connectivity index (χ1v) is 9.19. The summed E-state index contributed by atoms with van der Waals surface area (Å²) in [7, 11) is 0. The van der Waals surface area contributed by atoms with Crippen molar-refractivity contribution in [2.24, 2.45) is 0 Å². The average Bonchev–Trinajstić information content (AvgIpc) is 3.16. The van der Waals surface area contributed by atoms with Crippen LogP contribution in [0.3, 0.4) is 0 Å². The quantitative estimate of drug-likeness (QED) is 0.725. The molecule has 0 aliphatic rings. The number of hydrogen-bond donors (Lipinski definition) is 2. The van der Waals surface area contributed by atoms with Crippen molar-refractivity contribution in [2.45, 2.75) is 26.8 Å². The minimum Gasteiger partial charge on any atom is -0.382 e. The fraction of sp³-hybridized carbons (Fsp3) is 0.286. The van der Waals surface area contributed by atoms with Gasteiger partial charge in [0.1, 0.15) is 15.8 Å². The topological polar surface area (TPSA) is 63.8 Å². The predicted molar refractivity (Wildman–Crippen MR) is 93.4 cm³/mol. The molecule has 21 heavy (non-hydrogen) atoms. The van der Waals surface area contributed by atoms with Crippen molar-refractivity contribution in [1.29, 1.82) is 0 Å². The first kappa shape index (κ1) is 14.5. The Labute approximate surface area is 135 Å². The van der Waals surface area contributed by atoms with E-state index in [4.69, 9.17) is 5.73 Å². The third-order valence-electron chi connectivity index (χ3n) is 3.18. The van der Waals surface area contributed by atoms with E-state index in [1.165, 1.54) is 22.0 Å². The highest BCUT2D eigenvalue weighted by atomic mass is 32.1. The van der Waals surface area contributed by atoms with Gasteiger partial charge >= 0.3 is 0 Å². The van der Waals surface area contributed by atoms with Gasteiger partial charge in [-0.1, -0.05) is 6.92 Å². The molecule has 7 heteroatoms. The van der Waals surface area contributed by atoms with Crippen LogP contribution in [0.5, 0.6) is 0 Å². The Morgan fingerprint density at radius 2 is 2.19 bits per heavy atom. The van der Waals surface area contributed by atoms with Gasteiger partial charge in [-0.05, 0) is 41.9 Å². The van der Waals surface area contributed by atoms with Gasteiger partial charge in [0.15, 0.2) is 0 Å². The SMILES string of the molecule is CCc1ccsc1CNc1snc(N)c1-c1nc(C)cs1. The number of anilines is 2. The van der Waals surface area contributed by atoms with E-state index >= 15 is 0 Å². The van der Waals surface area contributed by atoms with E-state index in [1.807, 2.05) is 12.3 Å². The van der Waals surface area contributed by atoms with Crippen molar-refractivity contribution in [3.63, 3.8) is 0 Å². The summed E-state index contributed by atoms with van der Waals surface area (Å²) in [4.78, 5) is 5.89. The van der Waals surface area contributed by atoms with Crippen LogP contribution in [0.15, 0.2) is 16.8 Å². The van der Waals surface area contributed by atoms with E-state index in [0.717, 1.165) is 34.2 Å². The predicted octanol–water partition coefficient (Wildman–Crippen LogP) is 4.39. The Kier molecular flexibility index (Phi) is 4.23. The number of thiazole rings is 1. The Morgan fingerprint density at radius 3 is 2.90 bits per heavy atom. The molecule has 3 rings (SSSR count). The number of aryl methyl sites for hydroxylation is 2. The Morgan fingerprint density at radius 1 is 1.33 bits per heavy atom. The second-order valence-corrected chi connectivity index (χ2v) is 7.27. The fourth-order valence-electron chi connectivity index (χ4n) is 2.10. The van der Waals surface area contributed by atoms with Gasteiger partial charge < -0.3 is 11.1 Å². The molecule has 0 unspecified atom stereocenters. The number of aromatic nitrogens is 2. The normalized spacial score (nSPS) is 11.0. The first-order valence-electron chi connectivity index (χ1n) is 6.65. The molecule has 0 aromatic carbocycles. The van der Waals surface area contributed by atoms with Crippen molar-refractivity contribution in [3.8, 4) is 10.6 Å². The maximum atomic E-state index is 6.02. The Balaban J connectivity index is 1.84. The zero-order valence-corrected chi connectivity index (χ0v) is 14.3. The average molecular weight is 337 g/mol. The minimum absolute atomic E-state index is 0.554. The molecule has 4 nitrogen and oxygen atoms in total. The van der Waals surface area contributed by atoms with Crippen molar-refractivity contribution in [1.82, 2.24) is 9.36 Å². The van der Waals surface area contributed by atoms with E-state index < -0.39 is 0 Å². The molecular weight excluding hydrogens is 320 g/mol. The maximum Gasteiger partial charge on any atom is 0.149 e.